The predicted molar refractivity (Wildman–Crippen MR) is 108 cm³/mol. The molecule has 2 aromatic rings. The van der Waals surface area contributed by atoms with Crippen LogP contribution in [0.4, 0.5) is 5.69 Å². The third kappa shape index (κ3) is 4.90. The van der Waals surface area contributed by atoms with E-state index in [-0.39, 0.29) is 18.5 Å². The fourth-order valence-corrected chi connectivity index (χ4v) is 3.77. The number of rotatable bonds is 7. The summed E-state index contributed by atoms with van der Waals surface area (Å²) in [6.07, 6.45) is 2.77. The average molecular weight is 418 g/mol. The van der Waals surface area contributed by atoms with Gasteiger partial charge in [-0.15, -0.1) is 0 Å². The van der Waals surface area contributed by atoms with Crippen molar-refractivity contribution in [1.29, 1.82) is 5.26 Å². The van der Waals surface area contributed by atoms with Crippen molar-refractivity contribution < 1.29 is 13.2 Å². The van der Waals surface area contributed by atoms with Crippen molar-refractivity contribution in [2.45, 2.75) is 24.8 Å². The van der Waals surface area contributed by atoms with Crippen LogP contribution in [0.3, 0.4) is 0 Å². The topological polar surface area (TPSA) is 90.3 Å². The Morgan fingerprint density at radius 1 is 1.18 bits per heavy atom. The maximum absolute atomic E-state index is 12.4. The first-order chi connectivity index (χ1) is 13.2. The Morgan fingerprint density at radius 2 is 1.79 bits per heavy atom. The number of carbonyl (C=O) groups excluding carboxylic acids is 1. The van der Waals surface area contributed by atoms with Gasteiger partial charge in [0, 0.05) is 17.3 Å². The molecule has 0 aromatic heterocycles. The molecule has 1 amide bonds. The Balaban J connectivity index is 1.65. The Labute approximate surface area is 169 Å². The highest BCUT2D eigenvalue weighted by atomic mass is 35.5. The molecule has 1 saturated carbocycles. The van der Waals surface area contributed by atoms with Crippen LogP contribution in [0.5, 0.6) is 0 Å². The molecule has 6 nitrogen and oxygen atoms in total. The molecule has 1 fully saturated rings. The molecule has 0 unspecified atom stereocenters. The number of amides is 1. The number of anilines is 1. The van der Waals surface area contributed by atoms with Gasteiger partial charge in [-0.3, -0.25) is 4.79 Å². The highest BCUT2D eigenvalue weighted by Crippen LogP contribution is 2.47. The zero-order chi connectivity index (χ0) is 20.4. The second-order valence-electron chi connectivity index (χ2n) is 6.98. The van der Waals surface area contributed by atoms with Gasteiger partial charge < -0.3 is 5.32 Å². The van der Waals surface area contributed by atoms with Crippen molar-refractivity contribution >= 4 is 33.2 Å². The molecule has 1 aliphatic carbocycles. The van der Waals surface area contributed by atoms with Crippen molar-refractivity contribution in [2.75, 3.05) is 18.1 Å². The molecule has 28 heavy (non-hydrogen) atoms. The van der Waals surface area contributed by atoms with Crippen LogP contribution in [-0.2, 0) is 26.8 Å². The summed E-state index contributed by atoms with van der Waals surface area (Å²) in [4.78, 5) is 12.4. The summed E-state index contributed by atoms with van der Waals surface area (Å²) in [5.41, 5.74) is 1.85. The summed E-state index contributed by atoms with van der Waals surface area (Å²) in [5.74, 6) is -0.437. The molecule has 146 valence electrons. The zero-order valence-electron chi connectivity index (χ0n) is 15.4. The summed E-state index contributed by atoms with van der Waals surface area (Å²) >= 11 is 5.85. The number of halogens is 1. The van der Waals surface area contributed by atoms with Crippen LogP contribution < -0.4 is 5.32 Å². The van der Waals surface area contributed by atoms with E-state index in [1.165, 1.54) is 0 Å². The molecule has 0 aliphatic heterocycles. The smallest absolute Gasteiger partial charge is 0.239 e. The first kappa shape index (κ1) is 20.3. The van der Waals surface area contributed by atoms with Gasteiger partial charge in [-0.25, -0.2) is 8.42 Å². The number of nitriles is 1. The molecule has 1 N–H and O–H groups in total. The first-order valence-corrected chi connectivity index (χ1v) is 11.0. The summed E-state index contributed by atoms with van der Waals surface area (Å²) in [6, 6.07) is 16.2. The van der Waals surface area contributed by atoms with Gasteiger partial charge in [-0.1, -0.05) is 35.9 Å². The quantitative estimate of drug-likeness (QED) is 0.748. The molecule has 0 atom stereocenters. The fourth-order valence-electron chi connectivity index (χ4n) is 2.91. The van der Waals surface area contributed by atoms with E-state index in [1.54, 1.807) is 36.4 Å². The molecule has 2 aromatic carbocycles. The minimum Gasteiger partial charge on any atom is -0.325 e. The molecule has 3 rings (SSSR count). The number of nitrogens with one attached hydrogen (secondary N) is 1. The number of carbonyl (C=O) groups is 1. The Morgan fingerprint density at radius 3 is 2.29 bits per heavy atom. The third-order valence-electron chi connectivity index (χ3n) is 4.75. The lowest BCUT2D eigenvalue weighted by Gasteiger charge is -2.19. The normalized spacial score (nSPS) is 15.1. The van der Waals surface area contributed by atoms with Gasteiger partial charge >= 0.3 is 0 Å². The van der Waals surface area contributed by atoms with E-state index in [9.17, 15) is 18.5 Å². The summed E-state index contributed by atoms with van der Waals surface area (Å²) in [7, 11) is -3.58. The first-order valence-electron chi connectivity index (χ1n) is 8.73. The number of benzene rings is 2. The van der Waals surface area contributed by atoms with E-state index in [0.717, 1.165) is 34.5 Å². The minimum absolute atomic E-state index is 0.0764. The summed E-state index contributed by atoms with van der Waals surface area (Å²) in [6.45, 7) is -0.224. The van der Waals surface area contributed by atoms with Gasteiger partial charge in [0.05, 0.1) is 24.3 Å². The van der Waals surface area contributed by atoms with Crippen LogP contribution in [0.1, 0.15) is 24.0 Å². The highest BCUT2D eigenvalue weighted by Gasteiger charge is 2.44. The van der Waals surface area contributed by atoms with Crippen LogP contribution in [0, 0.1) is 11.3 Å². The van der Waals surface area contributed by atoms with Gasteiger partial charge in [0.15, 0.2) is 0 Å². The van der Waals surface area contributed by atoms with Crippen LogP contribution in [0.25, 0.3) is 0 Å². The van der Waals surface area contributed by atoms with Crippen molar-refractivity contribution in [3.63, 3.8) is 0 Å². The van der Waals surface area contributed by atoms with E-state index in [2.05, 4.69) is 11.4 Å². The lowest BCUT2D eigenvalue weighted by atomic mass is 9.98. The van der Waals surface area contributed by atoms with Crippen LogP contribution in [-0.4, -0.2) is 31.4 Å². The maximum atomic E-state index is 12.4. The Bertz CT molecular complexity index is 1010. The Kier molecular flexibility index (Phi) is 5.75. The highest BCUT2D eigenvalue weighted by molar-refractivity contribution is 7.88. The van der Waals surface area contributed by atoms with Crippen LogP contribution in [0.2, 0.25) is 5.02 Å². The molecular formula is C20H20ClN3O3S. The molecular weight excluding hydrogens is 398 g/mol. The second-order valence-corrected chi connectivity index (χ2v) is 9.40. The predicted octanol–water partition coefficient (Wildman–Crippen LogP) is 3.30. The molecule has 0 radical (unpaired) electrons. The van der Waals surface area contributed by atoms with E-state index in [1.807, 2.05) is 12.1 Å². The number of hydrogen-bond acceptors (Lipinski definition) is 4. The van der Waals surface area contributed by atoms with Gasteiger partial charge in [-0.05, 0) is 48.2 Å². The van der Waals surface area contributed by atoms with Crippen LogP contribution >= 0.6 is 11.6 Å². The minimum atomic E-state index is -3.58. The largest absolute Gasteiger partial charge is 0.325 e. The molecule has 8 heteroatoms. The Hall–Kier alpha value is -2.40. The lowest BCUT2D eigenvalue weighted by Crippen LogP contribution is -2.36. The van der Waals surface area contributed by atoms with Crippen molar-refractivity contribution in [2.24, 2.45) is 0 Å². The maximum Gasteiger partial charge on any atom is 0.239 e. The van der Waals surface area contributed by atoms with Gasteiger partial charge in [0.2, 0.25) is 15.9 Å². The SMILES string of the molecule is CS(=O)(=O)N(CC(=O)Nc1ccc(C2(C#N)CC2)cc1)Cc1ccc(Cl)cc1. The van der Waals surface area contributed by atoms with Gasteiger partial charge in [0.25, 0.3) is 0 Å². The van der Waals surface area contributed by atoms with Gasteiger partial charge in [0.1, 0.15) is 0 Å². The van der Waals surface area contributed by atoms with E-state index in [4.69, 9.17) is 11.6 Å². The molecule has 0 spiro atoms. The standard InChI is InChI=1S/C20H20ClN3O3S/c1-28(26,27)24(12-15-2-6-17(21)7-3-15)13-19(25)23-18-8-4-16(5-9-18)20(14-22)10-11-20/h2-9H,10-13H2,1H3,(H,23,25). The van der Waals surface area contributed by atoms with Crippen molar-refractivity contribution in [3.05, 3.63) is 64.7 Å². The van der Waals surface area contributed by atoms with Crippen molar-refractivity contribution in [1.82, 2.24) is 4.31 Å². The lowest BCUT2D eigenvalue weighted by molar-refractivity contribution is -0.116. The molecule has 0 bridgehead atoms. The van der Waals surface area contributed by atoms with Crippen LogP contribution in [0.15, 0.2) is 48.5 Å². The summed E-state index contributed by atoms with van der Waals surface area (Å²) in [5, 5.41) is 12.5. The molecule has 0 heterocycles. The van der Waals surface area contributed by atoms with E-state index < -0.39 is 15.9 Å². The zero-order valence-corrected chi connectivity index (χ0v) is 16.9. The summed E-state index contributed by atoms with van der Waals surface area (Å²) < 4.78 is 25.3. The van der Waals surface area contributed by atoms with Gasteiger partial charge in [-0.2, -0.15) is 9.57 Å². The van der Waals surface area contributed by atoms with E-state index >= 15 is 0 Å². The monoisotopic (exact) mass is 417 g/mol. The molecule has 0 saturated heterocycles. The van der Waals surface area contributed by atoms with Crippen molar-refractivity contribution in [3.8, 4) is 6.07 Å². The fraction of sp³-hybridized carbons (Fsp3) is 0.300. The average Bonchev–Trinajstić information content (AvgIpc) is 3.44. The number of hydrogen-bond donors (Lipinski definition) is 1. The molecule has 1 aliphatic rings. The number of nitrogens with zero attached hydrogens (tertiary/aromatic N) is 2. The second kappa shape index (κ2) is 7.92. The van der Waals surface area contributed by atoms with E-state index in [0.29, 0.717) is 10.7 Å². The third-order valence-corrected chi connectivity index (χ3v) is 6.19. The number of sulfonamides is 1.